The van der Waals surface area contributed by atoms with E-state index >= 15 is 0 Å². The van der Waals surface area contributed by atoms with Crippen LogP contribution >= 0.6 is 0 Å². The molecule has 0 aliphatic rings. The van der Waals surface area contributed by atoms with Crippen molar-refractivity contribution in [2.24, 2.45) is 0 Å². The van der Waals surface area contributed by atoms with Crippen molar-refractivity contribution in [3.63, 3.8) is 0 Å². The zero-order chi connectivity index (χ0) is 14.7. The monoisotopic (exact) mass is 280 g/mol. The van der Waals surface area contributed by atoms with E-state index in [9.17, 15) is 9.18 Å². The zero-order valence-corrected chi connectivity index (χ0v) is 11.2. The Hall–Kier alpha value is -2.75. The molecule has 0 aliphatic carbocycles. The van der Waals surface area contributed by atoms with Crippen LogP contribution in [0.4, 0.5) is 4.39 Å². The van der Waals surface area contributed by atoms with Gasteiger partial charge in [-0.25, -0.2) is 9.07 Å². The SMILES string of the molecule is O=c1ccc(-c2ccccc2)nn1Cc1cccc(F)c1. The highest BCUT2D eigenvalue weighted by molar-refractivity contribution is 5.57. The number of rotatable bonds is 3. The van der Waals surface area contributed by atoms with Crippen LogP contribution in [0.3, 0.4) is 0 Å². The molecule has 1 aromatic heterocycles. The van der Waals surface area contributed by atoms with Crippen molar-refractivity contribution in [2.45, 2.75) is 6.54 Å². The molecule has 0 bridgehead atoms. The quantitative estimate of drug-likeness (QED) is 0.739. The smallest absolute Gasteiger partial charge is 0.267 e. The second-order valence-corrected chi connectivity index (χ2v) is 4.71. The number of aromatic nitrogens is 2. The molecule has 4 heteroatoms. The average molecular weight is 280 g/mol. The fourth-order valence-corrected chi connectivity index (χ4v) is 2.13. The summed E-state index contributed by atoms with van der Waals surface area (Å²) in [6.07, 6.45) is 0. The van der Waals surface area contributed by atoms with Gasteiger partial charge in [0.05, 0.1) is 12.2 Å². The summed E-state index contributed by atoms with van der Waals surface area (Å²) in [5.41, 5.74) is 2.14. The van der Waals surface area contributed by atoms with E-state index in [4.69, 9.17) is 0 Å². The second-order valence-electron chi connectivity index (χ2n) is 4.71. The van der Waals surface area contributed by atoms with Gasteiger partial charge in [0.25, 0.3) is 5.56 Å². The first-order valence-electron chi connectivity index (χ1n) is 6.60. The van der Waals surface area contributed by atoms with Crippen LogP contribution < -0.4 is 5.56 Å². The molecule has 21 heavy (non-hydrogen) atoms. The summed E-state index contributed by atoms with van der Waals surface area (Å²) < 4.78 is 14.6. The molecule has 0 atom stereocenters. The lowest BCUT2D eigenvalue weighted by molar-refractivity contribution is 0.612. The molecule has 0 N–H and O–H groups in total. The van der Waals surface area contributed by atoms with Crippen LogP contribution in [0.5, 0.6) is 0 Å². The predicted octanol–water partition coefficient (Wildman–Crippen LogP) is 3.10. The van der Waals surface area contributed by atoms with E-state index in [2.05, 4.69) is 5.10 Å². The number of halogens is 1. The fourth-order valence-electron chi connectivity index (χ4n) is 2.13. The Morgan fingerprint density at radius 2 is 1.76 bits per heavy atom. The Morgan fingerprint density at radius 1 is 0.952 bits per heavy atom. The highest BCUT2D eigenvalue weighted by atomic mass is 19.1. The van der Waals surface area contributed by atoms with E-state index in [1.807, 2.05) is 30.3 Å². The lowest BCUT2D eigenvalue weighted by Crippen LogP contribution is -2.22. The van der Waals surface area contributed by atoms with E-state index < -0.39 is 0 Å². The lowest BCUT2D eigenvalue weighted by atomic mass is 10.1. The first-order valence-corrected chi connectivity index (χ1v) is 6.60. The van der Waals surface area contributed by atoms with Gasteiger partial charge in [0.1, 0.15) is 5.82 Å². The maximum Gasteiger partial charge on any atom is 0.267 e. The minimum absolute atomic E-state index is 0.209. The number of nitrogens with zero attached hydrogens (tertiary/aromatic N) is 2. The molecular weight excluding hydrogens is 267 g/mol. The average Bonchev–Trinajstić information content (AvgIpc) is 2.50. The fraction of sp³-hybridized carbons (Fsp3) is 0.0588. The van der Waals surface area contributed by atoms with Gasteiger partial charge < -0.3 is 0 Å². The van der Waals surface area contributed by atoms with Crippen LogP contribution in [-0.2, 0) is 6.54 Å². The maximum absolute atomic E-state index is 13.2. The van der Waals surface area contributed by atoms with Gasteiger partial charge in [-0.05, 0) is 23.8 Å². The largest absolute Gasteiger partial charge is 0.268 e. The topological polar surface area (TPSA) is 34.9 Å². The van der Waals surface area contributed by atoms with Crippen LogP contribution in [0.1, 0.15) is 5.56 Å². The molecule has 0 saturated heterocycles. The minimum Gasteiger partial charge on any atom is -0.268 e. The molecule has 104 valence electrons. The second kappa shape index (κ2) is 5.71. The van der Waals surface area contributed by atoms with Crippen molar-refractivity contribution in [1.82, 2.24) is 9.78 Å². The highest BCUT2D eigenvalue weighted by Crippen LogP contribution is 2.14. The van der Waals surface area contributed by atoms with E-state index in [-0.39, 0.29) is 17.9 Å². The van der Waals surface area contributed by atoms with Gasteiger partial charge in [-0.3, -0.25) is 4.79 Å². The lowest BCUT2D eigenvalue weighted by Gasteiger charge is -2.07. The van der Waals surface area contributed by atoms with Crippen molar-refractivity contribution >= 4 is 0 Å². The predicted molar refractivity (Wildman–Crippen MR) is 79.4 cm³/mol. The standard InChI is InChI=1S/C17H13FN2O/c18-15-8-4-5-13(11-15)12-20-17(21)10-9-16(19-20)14-6-2-1-3-7-14/h1-11H,12H2. The van der Waals surface area contributed by atoms with E-state index in [1.54, 1.807) is 18.2 Å². The van der Waals surface area contributed by atoms with E-state index in [1.165, 1.54) is 22.9 Å². The zero-order valence-electron chi connectivity index (χ0n) is 11.2. The molecule has 3 aromatic rings. The highest BCUT2D eigenvalue weighted by Gasteiger charge is 2.04. The molecule has 0 unspecified atom stereocenters. The van der Waals surface area contributed by atoms with Gasteiger partial charge in [0.15, 0.2) is 0 Å². The molecule has 0 fully saturated rings. The molecule has 3 nitrogen and oxygen atoms in total. The Bertz CT molecular complexity index is 812. The van der Waals surface area contributed by atoms with Gasteiger partial charge in [-0.2, -0.15) is 5.10 Å². The van der Waals surface area contributed by atoms with E-state index in [0.717, 1.165) is 5.56 Å². The van der Waals surface area contributed by atoms with Crippen LogP contribution in [0.15, 0.2) is 71.5 Å². The third kappa shape index (κ3) is 3.05. The van der Waals surface area contributed by atoms with E-state index in [0.29, 0.717) is 11.3 Å². The summed E-state index contributed by atoms with van der Waals surface area (Å²) in [6.45, 7) is 0.247. The van der Waals surface area contributed by atoms with Gasteiger partial charge in [0, 0.05) is 11.6 Å². The summed E-state index contributed by atoms with van der Waals surface area (Å²) in [4.78, 5) is 11.9. The Morgan fingerprint density at radius 3 is 2.52 bits per heavy atom. The summed E-state index contributed by atoms with van der Waals surface area (Å²) in [5.74, 6) is -0.320. The molecule has 0 amide bonds. The first kappa shape index (κ1) is 13.2. The number of hydrogen-bond acceptors (Lipinski definition) is 2. The summed E-state index contributed by atoms with van der Waals surface area (Å²) in [6, 6.07) is 19.0. The molecule has 0 aliphatic heterocycles. The normalized spacial score (nSPS) is 10.5. The third-order valence-corrected chi connectivity index (χ3v) is 3.16. The number of benzene rings is 2. The molecular formula is C17H13FN2O. The van der Waals surface area contributed by atoms with Gasteiger partial charge >= 0.3 is 0 Å². The van der Waals surface area contributed by atoms with Crippen molar-refractivity contribution in [1.29, 1.82) is 0 Å². The Balaban J connectivity index is 1.97. The van der Waals surface area contributed by atoms with Crippen molar-refractivity contribution in [2.75, 3.05) is 0 Å². The molecule has 3 rings (SSSR count). The summed E-state index contributed by atoms with van der Waals surface area (Å²) >= 11 is 0. The maximum atomic E-state index is 13.2. The molecule has 2 aromatic carbocycles. The number of hydrogen-bond donors (Lipinski definition) is 0. The van der Waals surface area contributed by atoms with Gasteiger partial charge in [0.2, 0.25) is 0 Å². The summed E-state index contributed by atoms with van der Waals surface area (Å²) in [5, 5.41) is 4.35. The molecule has 0 radical (unpaired) electrons. The van der Waals surface area contributed by atoms with Crippen molar-refractivity contribution < 1.29 is 4.39 Å². The Kier molecular flexibility index (Phi) is 3.60. The van der Waals surface area contributed by atoms with Gasteiger partial charge in [-0.1, -0.05) is 42.5 Å². The molecule has 0 spiro atoms. The van der Waals surface area contributed by atoms with Crippen molar-refractivity contribution in [3.05, 3.63) is 88.5 Å². The Labute approximate surface area is 121 Å². The first-order chi connectivity index (χ1) is 10.2. The molecule has 1 heterocycles. The van der Waals surface area contributed by atoms with Crippen LogP contribution in [0.2, 0.25) is 0 Å². The molecule has 0 saturated carbocycles. The van der Waals surface area contributed by atoms with Gasteiger partial charge in [-0.15, -0.1) is 0 Å². The van der Waals surface area contributed by atoms with Crippen LogP contribution in [0, 0.1) is 5.82 Å². The van der Waals surface area contributed by atoms with Crippen molar-refractivity contribution in [3.8, 4) is 11.3 Å². The van der Waals surface area contributed by atoms with Crippen LogP contribution in [-0.4, -0.2) is 9.78 Å². The summed E-state index contributed by atoms with van der Waals surface area (Å²) in [7, 11) is 0. The minimum atomic E-state index is -0.320. The van der Waals surface area contributed by atoms with Crippen LogP contribution in [0.25, 0.3) is 11.3 Å². The third-order valence-electron chi connectivity index (χ3n) is 3.16.